The highest BCUT2D eigenvalue weighted by Crippen LogP contribution is 2.25. The van der Waals surface area contributed by atoms with Crippen LogP contribution < -0.4 is 5.73 Å². The molecule has 0 amide bonds. The van der Waals surface area contributed by atoms with E-state index in [-0.39, 0.29) is 23.4 Å². The van der Waals surface area contributed by atoms with Crippen LogP contribution in [0, 0.1) is 0 Å². The second kappa shape index (κ2) is 3.46. The second-order valence-corrected chi connectivity index (χ2v) is 5.66. The number of hydrogen-bond donors (Lipinski definition) is 1. The van der Waals surface area contributed by atoms with E-state index in [0.29, 0.717) is 0 Å². The number of anilines is 1. The first-order chi connectivity index (χ1) is 7.02. The van der Waals surface area contributed by atoms with Crippen LogP contribution in [0.5, 0.6) is 0 Å². The van der Waals surface area contributed by atoms with Crippen LogP contribution >= 0.6 is 0 Å². The maximum atomic E-state index is 11.4. The number of nitrogens with zero attached hydrogens (tertiary/aromatic N) is 3. The second-order valence-electron chi connectivity index (χ2n) is 3.51. The lowest BCUT2D eigenvalue weighted by Gasteiger charge is -2.14. The average Bonchev–Trinajstić information content (AvgIpc) is 2.69. The van der Waals surface area contributed by atoms with Gasteiger partial charge in [-0.3, -0.25) is 0 Å². The number of methoxy groups -OCH3 is 1. The largest absolute Gasteiger partial charge is 0.381 e. The molecule has 8 heteroatoms. The minimum atomic E-state index is -3.06. The fraction of sp³-hybridized carbons (Fsp3) is 0.714. The molecule has 0 saturated carbocycles. The number of hydrogen-bond acceptors (Lipinski definition) is 6. The van der Waals surface area contributed by atoms with Gasteiger partial charge in [-0.15, -0.1) is 5.10 Å². The van der Waals surface area contributed by atoms with Crippen LogP contribution in [0.25, 0.3) is 0 Å². The standard InChI is InChI=1S/C7H12N4O3S/c1-14-6-4-15(12,13)3-5(6)11-9-2-7(8)10-11/h2,5-6H,3-4H2,1H3,(H2,8,10). The molecule has 1 aromatic rings. The van der Waals surface area contributed by atoms with Gasteiger partial charge in [-0.05, 0) is 0 Å². The lowest BCUT2D eigenvalue weighted by Crippen LogP contribution is -2.26. The van der Waals surface area contributed by atoms with Gasteiger partial charge >= 0.3 is 0 Å². The van der Waals surface area contributed by atoms with E-state index in [9.17, 15) is 8.42 Å². The van der Waals surface area contributed by atoms with Gasteiger partial charge in [0.15, 0.2) is 15.7 Å². The van der Waals surface area contributed by atoms with E-state index in [4.69, 9.17) is 10.5 Å². The van der Waals surface area contributed by atoms with Crippen molar-refractivity contribution in [1.29, 1.82) is 0 Å². The number of sulfone groups is 1. The molecule has 1 saturated heterocycles. The summed E-state index contributed by atoms with van der Waals surface area (Å²) in [6.07, 6.45) is 0.985. The van der Waals surface area contributed by atoms with Crippen molar-refractivity contribution in [3.63, 3.8) is 0 Å². The molecule has 0 spiro atoms. The molecule has 2 heterocycles. The molecule has 0 bridgehead atoms. The fourth-order valence-corrected chi connectivity index (χ4v) is 3.55. The van der Waals surface area contributed by atoms with Crippen LogP contribution in [0.4, 0.5) is 5.82 Å². The Kier molecular flexibility index (Phi) is 2.39. The third-order valence-electron chi connectivity index (χ3n) is 2.40. The van der Waals surface area contributed by atoms with Gasteiger partial charge in [0.2, 0.25) is 0 Å². The normalized spacial score (nSPS) is 29.4. The van der Waals surface area contributed by atoms with Crippen LogP contribution in [0.3, 0.4) is 0 Å². The molecule has 0 radical (unpaired) electrons. The Labute approximate surface area is 87.1 Å². The third-order valence-corrected chi connectivity index (χ3v) is 4.08. The zero-order valence-corrected chi connectivity index (χ0v) is 9.01. The van der Waals surface area contributed by atoms with Gasteiger partial charge in [-0.1, -0.05) is 0 Å². The molecule has 2 N–H and O–H groups in total. The van der Waals surface area contributed by atoms with Crippen molar-refractivity contribution in [2.45, 2.75) is 12.1 Å². The maximum absolute atomic E-state index is 11.4. The highest BCUT2D eigenvalue weighted by Gasteiger charge is 2.40. The summed E-state index contributed by atoms with van der Waals surface area (Å²) in [6.45, 7) is 0. The van der Waals surface area contributed by atoms with Crippen molar-refractivity contribution in [1.82, 2.24) is 15.0 Å². The molecular formula is C7H12N4O3S. The summed E-state index contributed by atoms with van der Waals surface area (Å²) in [5.41, 5.74) is 5.42. The Bertz CT molecular complexity index is 455. The molecule has 1 fully saturated rings. The van der Waals surface area contributed by atoms with Crippen LogP contribution in [0.1, 0.15) is 6.04 Å². The molecule has 1 aliphatic heterocycles. The van der Waals surface area contributed by atoms with Gasteiger partial charge in [0.25, 0.3) is 0 Å². The third kappa shape index (κ3) is 1.95. The Morgan fingerprint density at radius 2 is 2.33 bits per heavy atom. The first-order valence-electron chi connectivity index (χ1n) is 4.42. The summed E-state index contributed by atoms with van der Waals surface area (Å²) < 4.78 is 27.9. The quantitative estimate of drug-likeness (QED) is 0.690. The molecular weight excluding hydrogens is 220 g/mol. The molecule has 2 unspecified atom stereocenters. The number of rotatable bonds is 2. The van der Waals surface area contributed by atoms with E-state index in [1.54, 1.807) is 0 Å². The maximum Gasteiger partial charge on any atom is 0.165 e. The van der Waals surface area contributed by atoms with Crippen molar-refractivity contribution in [3.8, 4) is 0 Å². The van der Waals surface area contributed by atoms with Gasteiger partial charge in [0.05, 0.1) is 23.8 Å². The van der Waals surface area contributed by atoms with Crippen LogP contribution in [-0.4, -0.2) is 48.1 Å². The van der Waals surface area contributed by atoms with Crippen molar-refractivity contribution >= 4 is 15.7 Å². The highest BCUT2D eigenvalue weighted by atomic mass is 32.2. The summed E-state index contributed by atoms with van der Waals surface area (Å²) in [4.78, 5) is 1.31. The smallest absolute Gasteiger partial charge is 0.165 e. The first-order valence-corrected chi connectivity index (χ1v) is 6.24. The van der Waals surface area contributed by atoms with Crippen molar-refractivity contribution in [2.24, 2.45) is 0 Å². The lowest BCUT2D eigenvalue weighted by atomic mass is 10.2. The Morgan fingerprint density at radius 3 is 2.87 bits per heavy atom. The number of nitrogens with two attached hydrogens (primary N) is 1. The zero-order chi connectivity index (χ0) is 11.1. The summed E-state index contributed by atoms with van der Waals surface area (Å²) in [5, 5.41) is 7.79. The molecule has 0 aliphatic carbocycles. The molecule has 2 rings (SSSR count). The SMILES string of the molecule is COC1CS(=O)(=O)CC1n1ncc(N)n1. The zero-order valence-electron chi connectivity index (χ0n) is 8.20. The van der Waals surface area contributed by atoms with E-state index in [2.05, 4.69) is 10.2 Å². The summed E-state index contributed by atoms with van der Waals surface area (Å²) in [6, 6.07) is -0.378. The summed E-state index contributed by atoms with van der Waals surface area (Å²) >= 11 is 0. The Morgan fingerprint density at radius 1 is 1.60 bits per heavy atom. The Balaban J connectivity index is 2.29. The van der Waals surface area contributed by atoms with E-state index >= 15 is 0 Å². The summed E-state index contributed by atoms with van der Waals surface area (Å²) in [7, 11) is -1.58. The van der Waals surface area contributed by atoms with Crippen LogP contribution in [0.2, 0.25) is 0 Å². The lowest BCUT2D eigenvalue weighted by molar-refractivity contribution is 0.0793. The molecule has 7 nitrogen and oxygen atoms in total. The van der Waals surface area contributed by atoms with Gasteiger partial charge in [0.1, 0.15) is 6.04 Å². The van der Waals surface area contributed by atoms with Crippen LogP contribution in [0.15, 0.2) is 6.20 Å². The van der Waals surface area contributed by atoms with Gasteiger partial charge < -0.3 is 10.5 Å². The van der Waals surface area contributed by atoms with E-state index < -0.39 is 15.9 Å². The molecule has 15 heavy (non-hydrogen) atoms. The highest BCUT2D eigenvalue weighted by molar-refractivity contribution is 7.91. The Hall–Kier alpha value is -1.15. The van der Waals surface area contributed by atoms with Crippen LogP contribution in [-0.2, 0) is 14.6 Å². The molecule has 1 aliphatic rings. The first kappa shape index (κ1) is 10.4. The van der Waals surface area contributed by atoms with Crippen molar-refractivity contribution in [2.75, 3.05) is 24.3 Å². The molecule has 84 valence electrons. The molecule has 2 atom stereocenters. The number of aromatic nitrogens is 3. The average molecular weight is 232 g/mol. The van der Waals surface area contributed by atoms with Crippen molar-refractivity contribution < 1.29 is 13.2 Å². The van der Waals surface area contributed by atoms with E-state index in [1.807, 2.05) is 0 Å². The minimum absolute atomic E-state index is 0.000370. The summed E-state index contributed by atoms with van der Waals surface area (Å²) in [5.74, 6) is 0.282. The van der Waals surface area contributed by atoms with Crippen molar-refractivity contribution in [3.05, 3.63) is 6.20 Å². The van der Waals surface area contributed by atoms with Gasteiger partial charge in [-0.2, -0.15) is 9.90 Å². The molecule has 1 aromatic heterocycles. The topological polar surface area (TPSA) is 100 Å². The fourth-order valence-electron chi connectivity index (χ4n) is 1.69. The predicted molar refractivity (Wildman–Crippen MR) is 52.9 cm³/mol. The van der Waals surface area contributed by atoms with Gasteiger partial charge in [-0.25, -0.2) is 8.42 Å². The molecule has 0 aromatic carbocycles. The van der Waals surface area contributed by atoms with Gasteiger partial charge in [0, 0.05) is 7.11 Å². The monoisotopic (exact) mass is 232 g/mol. The minimum Gasteiger partial charge on any atom is -0.381 e. The number of ether oxygens (including phenoxy) is 1. The van der Waals surface area contributed by atoms with E-state index in [0.717, 1.165) is 0 Å². The number of nitrogen functional groups attached to an aromatic ring is 1. The van der Waals surface area contributed by atoms with E-state index in [1.165, 1.54) is 18.1 Å². The predicted octanol–water partition coefficient (Wildman–Crippen LogP) is -1.16.